The summed E-state index contributed by atoms with van der Waals surface area (Å²) in [5, 5.41) is 10.6. The fraction of sp³-hybridized carbons (Fsp3) is 0.538. The van der Waals surface area contributed by atoms with Crippen molar-refractivity contribution < 1.29 is 4.79 Å². The summed E-state index contributed by atoms with van der Waals surface area (Å²) in [6, 6.07) is 2.31. The van der Waals surface area contributed by atoms with Gasteiger partial charge in [-0.15, -0.1) is 11.8 Å². The zero-order chi connectivity index (χ0) is 13.2. The highest BCUT2D eigenvalue weighted by atomic mass is 32.2. The smallest absolute Gasteiger partial charge is 0.267 e. The number of carbonyl (C=O) groups excluding carboxylic acids is 1. The van der Waals surface area contributed by atoms with Crippen LogP contribution in [0.1, 0.15) is 12.8 Å². The topological polar surface area (TPSA) is 68.8 Å². The number of amides is 1. The zero-order valence-corrected chi connectivity index (χ0v) is 11.3. The van der Waals surface area contributed by atoms with Crippen molar-refractivity contribution in [1.29, 1.82) is 5.26 Å². The molecule has 0 N–H and O–H groups in total. The normalized spacial score (nSPS) is 27.7. The number of amidine groups is 1. The van der Waals surface area contributed by atoms with Crippen molar-refractivity contribution >= 4 is 29.2 Å². The van der Waals surface area contributed by atoms with Gasteiger partial charge < -0.3 is 0 Å². The predicted octanol–water partition coefficient (Wildman–Crippen LogP) is 1.23. The molecule has 1 amide bonds. The second kappa shape index (κ2) is 5.27. The number of aliphatic imine (C=N–C) groups is 2. The van der Waals surface area contributed by atoms with Crippen LogP contribution in [0.15, 0.2) is 21.5 Å². The summed E-state index contributed by atoms with van der Waals surface area (Å²) in [5.74, 6) is 0.691. The van der Waals surface area contributed by atoms with Gasteiger partial charge in [0.15, 0.2) is 0 Å². The zero-order valence-electron chi connectivity index (χ0n) is 10.5. The summed E-state index contributed by atoms with van der Waals surface area (Å²) in [7, 11) is 0. The Morgan fingerprint density at radius 3 is 2.95 bits per heavy atom. The molecule has 3 aliphatic rings. The van der Waals surface area contributed by atoms with E-state index in [2.05, 4.69) is 21.0 Å². The number of carbonyl (C=O) groups is 1. The number of piperidine rings is 1. The predicted molar refractivity (Wildman–Crippen MR) is 75.2 cm³/mol. The first-order valence-electron chi connectivity index (χ1n) is 6.40. The van der Waals surface area contributed by atoms with Gasteiger partial charge >= 0.3 is 0 Å². The van der Waals surface area contributed by atoms with E-state index < -0.39 is 0 Å². The third-order valence-corrected chi connectivity index (χ3v) is 4.59. The van der Waals surface area contributed by atoms with Gasteiger partial charge in [-0.2, -0.15) is 10.3 Å². The molecule has 3 heterocycles. The Morgan fingerprint density at radius 1 is 1.42 bits per heavy atom. The molecule has 0 aromatic heterocycles. The fourth-order valence-corrected chi connectivity index (χ4v) is 3.29. The number of allylic oxidation sites excluding steroid dienone is 1. The number of likely N-dealkylation sites (tertiary alicyclic amines) is 1. The quantitative estimate of drug-likeness (QED) is 0.759. The number of hydrogen-bond donors (Lipinski definition) is 0. The van der Waals surface area contributed by atoms with Crippen molar-refractivity contribution in [1.82, 2.24) is 4.90 Å². The van der Waals surface area contributed by atoms with Gasteiger partial charge in [0, 0.05) is 5.92 Å². The van der Waals surface area contributed by atoms with Crippen molar-refractivity contribution in [3.8, 4) is 6.07 Å². The SMILES string of the molecule is N#CC1CCN(CC2=NC(=O)C3SC=CC3=N2)CC1. The number of nitrogens with zero attached hydrogens (tertiary/aromatic N) is 4. The lowest BCUT2D eigenvalue weighted by Crippen LogP contribution is -2.39. The minimum atomic E-state index is -0.215. The molecule has 5 nitrogen and oxygen atoms in total. The Hall–Kier alpha value is -1.45. The van der Waals surface area contributed by atoms with Crippen LogP contribution in [0.4, 0.5) is 0 Å². The van der Waals surface area contributed by atoms with Crippen LogP contribution in [0.5, 0.6) is 0 Å². The van der Waals surface area contributed by atoms with Gasteiger partial charge in [0.05, 0.1) is 18.3 Å². The van der Waals surface area contributed by atoms with E-state index in [4.69, 9.17) is 5.26 Å². The first kappa shape index (κ1) is 12.6. The summed E-state index contributed by atoms with van der Waals surface area (Å²) < 4.78 is 0. The molecule has 3 rings (SSSR count). The Kier molecular flexibility index (Phi) is 3.49. The molecule has 0 radical (unpaired) electrons. The van der Waals surface area contributed by atoms with Crippen LogP contribution in [0.2, 0.25) is 0 Å². The Labute approximate surface area is 116 Å². The van der Waals surface area contributed by atoms with Gasteiger partial charge in [-0.05, 0) is 37.4 Å². The molecule has 3 aliphatic heterocycles. The average Bonchev–Trinajstić information content (AvgIpc) is 2.88. The molecule has 1 saturated heterocycles. The molecule has 1 fully saturated rings. The van der Waals surface area contributed by atoms with Crippen molar-refractivity contribution in [2.24, 2.45) is 15.9 Å². The number of thioether (sulfide) groups is 1. The third kappa shape index (κ3) is 2.62. The largest absolute Gasteiger partial charge is 0.296 e. The molecule has 19 heavy (non-hydrogen) atoms. The van der Waals surface area contributed by atoms with Gasteiger partial charge in [0.2, 0.25) is 0 Å². The standard InChI is InChI=1S/C13H14N4OS/c14-7-9-1-4-17(5-2-9)8-11-15-10-3-6-19-12(10)13(18)16-11/h3,6,9,12H,1-2,4-5,8H2. The van der Waals surface area contributed by atoms with Gasteiger partial charge in [-0.25, -0.2) is 4.99 Å². The van der Waals surface area contributed by atoms with Crippen molar-refractivity contribution in [3.63, 3.8) is 0 Å². The monoisotopic (exact) mass is 274 g/mol. The minimum Gasteiger partial charge on any atom is -0.296 e. The van der Waals surface area contributed by atoms with E-state index in [0.29, 0.717) is 12.4 Å². The van der Waals surface area contributed by atoms with E-state index >= 15 is 0 Å². The maximum absolute atomic E-state index is 11.8. The van der Waals surface area contributed by atoms with E-state index in [9.17, 15) is 4.79 Å². The van der Waals surface area contributed by atoms with Crippen LogP contribution in [0.3, 0.4) is 0 Å². The molecule has 0 spiro atoms. The number of nitriles is 1. The first-order chi connectivity index (χ1) is 9.26. The highest BCUT2D eigenvalue weighted by molar-refractivity contribution is 8.04. The van der Waals surface area contributed by atoms with E-state index in [1.165, 1.54) is 11.8 Å². The van der Waals surface area contributed by atoms with Crippen LogP contribution in [-0.4, -0.2) is 47.2 Å². The molecule has 6 heteroatoms. The van der Waals surface area contributed by atoms with Crippen LogP contribution in [-0.2, 0) is 4.79 Å². The lowest BCUT2D eigenvalue weighted by molar-refractivity contribution is -0.116. The van der Waals surface area contributed by atoms with E-state index in [-0.39, 0.29) is 17.1 Å². The van der Waals surface area contributed by atoms with Crippen LogP contribution >= 0.6 is 11.8 Å². The lowest BCUT2D eigenvalue weighted by Gasteiger charge is -2.29. The summed E-state index contributed by atoms with van der Waals surface area (Å²) in [4.78, 5) is 22.6. The molecule has 0 aromatic rings. The number of rotatable bonds is 2. The molecular weight excluding hydrogens is 260 g/mol. The van der Waals surface area contributed by atoms with Gasteiger partial charge in [-0.1, -0.05) is 0 Å². The second-order valence-corrected chi connectivity index (χ2v) is 5.92. The molecule has 1 atom stereocenters. The van der Waals surface area contributed by atoms with Crippen LogP contribution < -0.4 is 0 Å². The third-order valence-electron chi connectivity index (χ3n) is 3.58. The highest BCUT2D eigenvalue weighted by Crippen LogP contribution is 2.26. The first-order valence-corrected chi connectivity index (χ1v) is 7.34. The van der Waals surface area contributed by atoms with Crippen LogP contribution in [0.25, 0.3) is 0 Å². The van der Waals surface area contributed by atoms with Gasteiger partial charge in [-0.3, -0.25) is 9.69 Å². The summed E-state index contributed by atoms with van der Waals surface area (Å²) in [6.45, 7) is 2.37. The van der Waals surface area contributed by atoms with Crippen molar-refractivity contribution in [2.75, 3.05) is 19.6 Å². The molecule has 0 bridgehead atoms. The van der Waals surface area contributed by atoms with E-state index in [1.807, 2.05) is 11.5 Å². The Morgan fingerprint density at radius 2 is 2.21 bits per heavy atom. The van der Waals surface area contributed by atoms with Crippen molar-refractivity contribution in [2.45, 2.75) is 18.1 Å². The molecule has 0 saturated carbocycles. The second-order valence-electron chi connectivity index (χ2n) is 4.90. The molecular formula is C13H14N4OS. The summed E-state index contributed by atoms with van der Waals surface area (Å²) >= 11 is 1.47. The molecule has 0 aromatic carbocycles. The highest BCUT2D eigenvalue weighted by Gasteiger charge is 2.31. The minimum absolute atomic E-state index is 0.0955. The van der Waals surface area contributed by atoms with E-state index in [0.717, 1.165) is 31.6 Å². The Balaban J connectivity index is 1.63. The maximum Gasteiger partial charge on any atom is 0.267 e. The molecule has 1 unspecified atom stereocenters. The molecule has 98 valence electrons. The fourth-order valence-electron chi connectivity index (χ4n) is 2.48. The number of hydrogen-bond acceptors (Lipinski definition) is 5. The molecule has 0 aliphatic carbocycles. The maximum atomic E-state index is 11.8. The average molecular weight is 274 g/mol. The number of fused-ring (bicyclic) bond motifs is 1. The summed E-state index contributed by atoms with van der Waals surface area (Å²) in [5.41, 5.74) is 0.826. The summed E-state index contributed by atoms with van der Waals surface area (Å²) in [6.07, 6.45) is 3.68. The Bertz CT molecular complexity index is 523. The van der Waals surface area contributed by atoms with Crippen LogP contribution in [0, 0.1) is 17.2 Å². The van der Waals surface area contributed by atoms with Gasteiger partial charge in [0.25, 0.3) is 5.91 Å². The van der Waals surface area contributed by atoms with Gasteiger partial charge in [0.1, 0.15) is 11.1 Å². The van der Waals surface area contributed by atoms with Crippen molar-refractivity contribution in [3.05, 3.63) is 11.5 Å². The lowest BCUT2D eigenvalue weighted by atomic mass is 9.99. The van der Waals surface area contributed by atoms with E-state index in [1.54, 1.807) is 0 Å².